The quantitative estimate of drug-likeness (QED) is 0.919. The smallest absolute Gasteiger partial charge is 0.369 e. The molecule has 0 saturated carbocycles. The fourth-order valence-corrected chi connectivity index (χ4v) is 3.43. The van der Waals surface area contributed by atoms with Crippen LogP contribution in [-0.2, 0) is 16.0 Å². The molecular weight excluding hydrogens is 259 g/mol. The van der Waals surface area contributed by atoms with Gasteiger partial charge < -0.3 is 9.84 Å². The van der Waals surface area contributed by atoms with Crippen LogP contribution in [0.15, 0.2) is 24.3 Å². The molecule has 2 rings (SSSR count). The lowest BCUT2D eigenvalue weighted by atomic mass is 9.67. The van der Waals surface area contributed by atoms with Gasteiger partial charge in [0, 0.05) is 13.0 Å². The van der Waals surface area contributed by atoms with Crippen molar-refractivity contribution in [3.63, 3.8) is 0 Å². The molecular formula is C16H21FO3. The Morgan fingerprint density at radius 2 is 2.10 bits per heavy atom. The highest BCUT2D eigenvalue weighted by molar-refractivity contribution is 5.76. The van der Waals surface area contributed by atoms with Crippen molar-refractivity contribution in [1.29, 1.82) is 0 Å². The highest BCUT2D eigenvalue weighted by Gasteiger charge is 2.52. The average molecular weight is 280 g/mol. The molecule has 4 heteroatoms. The number of carboxylic acids is 1. The minimum absolute atomic E-state index is 0.145. The molecule has 0 bridgehead atoms. The number of hydrogen-bond acceptors (Lipinski definition) is 2. The van der Waals surface area contributed by atoms with E-state index in [9.17, 15) is 14.3 Å². The van der Waals surface area contributed by atoms with Gasteiger partial charge in [-0.3, -0.25) is 0 Å². The standard InChI is InChI=1S/C16H21FO3/c1-10(2)14-12-7-5-4-6-11(12)8-9-13(14)16(17,20-3)15(18)19/h4-7,10,13-14H,8-9H2,1-3H3,(H,18,19). The van der Waals surface area contributed by atoms with Gasteiger partial charge in [0.15, 0.2) is 0 Å². The van der Waals surface area contributed by atoms with Crippen molar-refractivity contribution in [3.8, 4) is 0 Å². The molecule has 0 aromatic heterocycles. The van der Waals surface area contributed by atoms with Crippen molar-refractivity contribution in [2.24, 2.45) is 11.8 Å². The molecule has 0 saturated heterocycles. The van der Waals surface area contributed by atoms with E-state index in [4.69, 9.17) is 4.74 Å². The first kappa shape index (κ1) is 15.0. The van der Waals surface area contributed by atoms with Gasteiger partial charge in [0.1, 0.15) is 0 Å². The Hall–Kier alpha value is -1.42. The second kappa shape index (κ2) is 5.52. The predicted octanol–water partition coefficient (Wildman–Crippen LogP) is 3.39. The van der Waals surface area contributed by atoms with Crippen LogP contribution < -0.4 is 0 Å². The molecule has 0 fully saturated rings. The van der Waals surface area contributed by atoms with Crippen LogP contribution in [0.5, 0.6) is 0 Å². The second-order valence-corrected chi connectivity index (χ2v) is 5.77. The molecule has 110 valence electrons. The van der Waals surface area contributed by atoms with Crippen LogP contribution in [0.25, 0.3) is 0 Å². The van der Waals surface area contributed by atoms with Gasteiger partial charge in [-0.2, -0.15) is 4.39 Å². The first-order valence-corrected chi connectivity index (χ1v) is 6.97. The number of carbonyl (C=O) groups is 1. The maximum Gasteiger partial charge on any atom is 0.369 e. The number of ether oxygens (including phenoxy) is 1. The zero-order chi connectivity index (χ0) is 14.9. The number of benzene rings is 1. The number of aliphatic carboxylic acids is 1. The van der Waals surface area contributed by atoms with Crippen molar-refractivity contribution >= 4 is 5.97 Å². The normalized spacial score (nSPS) is 25.1. The third kappa shape index (κ3) is 2.33. The van der Waals surface area contributed by atoms with Gasteiger partial charge in [-0.05, 0) is 35.8 Å². The molecule has 1 N–H and O–H groups in total. The van der Waals surface area contributed by atoms with Crippen LogP contribution >= 0.6 is 0 Å². The fraction of sp³-hybridized carbons (Fsp3) is 0.562. The minimum Gasteiger partial charge on any atom is -0.477 e. The number of alkyl halides is 1. The highest BCUT2D eigenvalue weighted by Crippen LogP contribution is 2.47. The third-order valence-electron chi connectivity index (χ3n) is 4.36. The predicted molar refractivity (Wildman–Crippen MR) is 74.3 cm³/mol. The van der Waals surface area contributed by atoms with E-state index in [0.29, 0.717) is 12.8 Å². The molecule has 1 aliphatic carbocycles. The summed E-state index contributed by atoms with van der Waals surface area (Å²) in [6.07, 6.45) is 1.17. The van der Waals surface area contributed by atoms with Crippen LogP contribution in [0.4, 0.5) is 4.39 Å². The van der Waals surface area contributed by atoms with E-state index in [1.54, 1.807) is 0 Å². The van der Waals surface area contributed by atoms with Crippen LogP contribution in [0.3, 0.4) is 0 Å². The van der Waals surface area contributed by atoms with Gasteiger partial charge in [0.05, 0.1) is 0 Å². The van der Waals surface area contributed by atoms with Gasteiger partial charge >= 0.3 is 11.8 Å². The molecule has 1 aromatic carbocycles. The van der Waals surface area contributed by atoms with Crippen molar-refractivity contribution < 1.29 is 19.0 Å². The summed E-state index contributed by atoms with van der Waals surface area (Å²) in [6.45, 7) is 4.00. The first-order chi connectivity index (χ1) is 9.41. The summed E-state index contributed by atoms with van der Waals surface area (Å²) in [4.78, 5) is 11.3. The Morgan fingerprint density at radius 3 is 2.65 bits per heavy atom. The maximum atomic E-state index is 14.8. The molecule has 3 unspecified atom stereocenters. The maximum absolute atomic E-state index is 14.8. The molecule has 0 heterocycles. The van der Waals surface area contributed by atoms with Crippen molar-refractivity contribution in [2.75, 3.05) is 7.11 Å². The SMILES string of the molecule is COC(F)(C(=O)O)C1CCc2ccccc2C1C(C)C. The number of aryl methyl sites for hydroxylation is 1. The lowest BCUT2D eigenvalue weighted by Crippen LogP contribution is -2.48. The zero-order valence-electron chi connectivity index (χ0n) is 12.1. The summed E-state index contributed by atoms with van der Waals surface area (Å²) in [6, 6.07) is 7.90. The highest BCUT2D eigenvalue weighted by atomic mass is 19.2. The summed E-state index contributed by atoms with van der Waals surface area (Å²) < 4.78 is 19.6. The van der Waals surface area contributed by atoms with Crippen LogP contribution in [-0.4, -0.2) is 24.0 Å². The van der Waals surface area contributed by atoms with E-state index in [2.05, 4.69) is 0 Å². The Labute approximate surface area is 118 Å². The summed E-state index contributed by atoms with van der Waals surface area (Å²) in [5, 5.41) is 9.23. The molecule has 0 amide bonds. The summed E-state index contributed by atoms with van der Waals surface area (Å²) in [5.74, 6) is -4.83. The van der Waals surface area contributed by atoms with E-state index in [-0.39, 0.29) is 11.8 Å². The first-order valence-electron chi connectivity index (χ1n) is 6.97. The molecule has 1 aromatic rings. The molecule has 3 atom stereocenters. The molecule has 20 heavy (non-hydrogen) atoms. The second-order valence-electron chi connectivity index (χ2n) is 5.77. The monoisotopic (exact) mass is 280 g/mol. The molecule has 0 radical (unpaired) electrons. The number of methoxy groups -OCH3 is 1. The summed E-state index contributed by atoms with van der Waals surface area (Å²) in [7, 11) is 1.13. The Kier molecular flexibility index (Phi) is 4.14. The van der Waals surface area contributed by atoms with E-state index in [1.165, 1.54) is 5.56 Å². The van der Waals surface area contributed by atoms with Crippen molar-refractivity contribution in [2.45, 2.75) is 38.5 Å². The average Bonchev–Trinajstić information content (AvgIpc) is 2.44. The number of hydrogen-bond donors (Lipinski definition) is 1. The van der Waals surface area contributed by atoms with E-state index in [1.807, 2.05) is 38.1 Å². The van der Waals surface area contributed by atoms with Crippen LogP contribution in [0.1, 0.15) is 37.3 Å². The van der Waals surface area contributed by atoms with Crippen LogP contribution in [0, 0.1) is 11.8 Å². The number of rotatable bonds is 4. The van der Waals surface area contributed by atoms with Crippen molar-refractivity contribution in [3.05, 3.63) is 35.4 Å². The third-order valence-corrected chi connectivity index (χ3v) is 4.36. The summed E-state index contributed by atoms with van der Waals surface area (Å²) >= 11 is 0. The Balaban J connectivity index is 2.48. The van der Waals surface area contributed by atoms with Crippen molar-refractivity contribution in [1.82, 2.24) is 0 Å². The van der Waals surface area contributed by atoms with Crippen LogP contribution in [0.2, 0.25) is 0 Å². The molecule has 1 aliphatic rings. The van der Waals surface area contributed by atoms with Gasteiger partial charge in [-0.15, -0.1) is 0 Å². The lowest BCUT2D eigenvalue weighted by Gasteiger charge is -2.41. The molecule has 0 aliphatic heterocycles. The number of fused-ring (bicyclic) bond motifs is 1. The van der Waals surface area contributed by atoms with Gasteiger partial charge in [0.25, 0.3) is 0 Å². The fourth-order valence-electron chi connectivity index (χ4n) is 3.43. The summed E-state index contributed by atoms with van der Waals surface area (Å²) in [5.41, 5.74) is 2.24. The number of carboxylic acid groups (broad SMARTS) is 1. The zero-order valence-corrected chi connectivity index (χ0v) is 12.1. The Morgan fingerprint density at radius 1 is 1.45 bits per heavy atom. The number of halogens is 1. The van der Waals surface area contributed by atoms with Gasteiger partial charge in [-0.1, -0.05) is 38.1 Å². The lowest BCUT2D eigenvalue weighted by molar-refractivity contribution is -0.208. The molecule has 0 spiro atoms. The van der Waals surface area contributed by atoms with Gasteiger partial charge in [-0.25, -0.2) is 4.79 Å². The van der Waals surface area contributed by atoms with E-state index >= 15 is 0 Å². The topological polar surface area (TPSA) is 46.5 Å². The minimum atomic E-state index is -2.62. The van der Waals surface area contributed by atoms with E-state index in [0.717, 1.165) is 12.7 Å². The van der Waals surface area contributed by atoms with E-state index < -0.39 is 17.7 Å². The van der Waals surface area contributed by atoms with Gasteiger partial charge in [0.2, 0.25) is 0 Å². The largest absolute Gasteiger partial charge is 0.477 e. The molecule has 3 nitrogen and oxygen atoms in total. The Bertz CT molecular complexity index is 500.